The number of nitro benzene ring substituents is 1. The highest BCUT2D eigenvalue weighted by Gasteiger charge is 2.14. The lowest BCUT2D eigenvalue weighted by atomic mass is 10.1. The number of hydrogen-bond acceptors (Lipinski definition) is 6. The van der Waals surface area contributed by atoms with Gasteiger partial charge in [-0.05, 0) is 41.3 Å². The number of benzene rings is 4. The molecule has 4 aromatic rings. The molecule has 1 N–H and O–H groups in total. The van der Waals surface area contributed by atoms with E-state index < -0.39 is 10.8 Å². The van der Waals surface area contributed by atoms with Crippen LogP contribution in [0, 0.1) is 32.8 Å². The Morgan fingerprint density at radius 2 is 1.74 bits per heavy atom. The number of rotatable bonds is 6. The largest absolute Gasteiger partial charge is 0.456 e. The Hall–Kier alpha value is -5.47. The number of nitrogens with zero attached hydrogens (tertiary/aromatic N) is 3. The standard InChI is InChI=1S/C27H16N4O4/c28-16-20-15-22(31(33)34)11-12-26(20)35-23-8-3-5-18(14-23)13-21(17-29)27(32)30-25-10-4-7-19-6-1-2-9-24(19)25/h1-15H,(H,30,32)/b21-13+. The zero-order chi connectivity index (χ0) is 24.8. The minimum absolute atomic E-state index is 0.00678. The fraction of sp³-hybridized carbons (Fsp3) is 0. The second-order valence-corrected chi connectivity index (χ2v) is 7.37. The fourth-order valence-electron chi connectivity index (χ4n) is 3.44. The second kappa shape index (κ2) is 9.99. The average Bonchev–Trinajstić information content (AvgIpc) is 2.87. The average molecular weight is 460 g/mol. The van der Waals surface area contributed by atoms with Crippen LogP contribution >= 0.6 is 0 Å². The Kier molecular flexibility index (Phi) is 6.48. The van der Waals surface area contributed by atoms with Crippen LogP contribution in [0.5, 0.6) is 11.5 Å². The summed E-state index contributed by atoms with van der Waals surface area (Å²) < 4.78 is 5.74. The van der Waals surface area contributed by atoms with Gasteiger partial charge in [-0.2, -0.15) is 10.5 Å². The van der Waals surface area contributed by atoms with Crippen molar-refractivity contribution in [2.24, 2.45) is 0 Å². The fourth-order valence-corrected chi connectivity index (χ4v) is 3.44. The first kappa shape index (κ1) is 22.7. The Labute approximate surface area is 200 Å². The van der Waals surface area contributed by atoms with Crippen molar-refractivity contribution >= 4 is 34.1 Å². The molecular weight excluding hydrogens is 444 g/mol. The first-order valence-electron chi connectivity index (χ1n) is 10.4. The van der Waals surface area contributed by atoms with Crippen LogP contribution in [0.15, 0.2) is 90.5 Å². The van der Waals surface area contributed by atoms with E-state index in [1.54, 1.807) is 30.3 Å². The molecule has 0 bridgehead atoms. The maximum Gasteiger partial charge on any atom is 0.271 e. The van der Waals surface area contributed by atoms with E-state index in [0.717, 1.165) is 16.8 Å². The topological polar surface area (TPSA) is 129 Å². The summed E-state index contributed by atoms with van der Waals surface area (Å²) in [6.07, 6.45) is 1.42. The van der Waals surface area contributed by atoms with Crippen molar-refractivity contribution in [2.45, 2.75) is 0 Å². The molecule has 0 aromatic heterocycles. The molecule has 8 heteroatoms. The van der Waals surface area contributed by atoms with Gasteiger partial charge >= 0.3 is 0 Å². The van der Waals surface area contributed by atoms with Crippen LogP contribution in [0.1, 0.15) is 11.1 Å². The summed E-state index contributed by atoms with van der Waals surface area (Å²) >= 11 is 0. The van der Waals surface area contributed by atoms with Crippen molar-refractivity contribution in [2.75, 3.05) is 5.32 Å². The molecule has 4 rings (SSSR count). The molecule has 0 aliphatic carbocycles. The van der Waals surface area contributed by atoms with Crippen LogP contribution < -0.4 is 10.1 Å². The number of carbonyl (C=O) groups is 1. The van der Waals surface area contributed by atoms with E-state index in [1.165, 1.54) is 18.2 Å². The number of nitro groups is 1. The monoisotopic (exact) mass is 460 g/mol. The van der Waals surface area contributed by atoms with Gasteiger partial charge in [0.15, 0.2) is 0 Å². The Bertz CT molecular complexity index is 1570. The van der Waals surface area contributed by atoms with Gasteiger partial charge in [0.25, 0.3) is 11.6 Å². The summed E-state index contributed by atoms with van der Waals surface area (Å²) in [7, 11) is 0. The van der Waals surface area contributed by atoms with Gasteiger partial charge in [-0.3, -0.25) is 14.9 Å². The lowest BCUT2D eigenvalue weighted by Gasteiger charge is -2.09. The smallest absolute Gasteiger partial charge is 0.271 e. The number of anilines is 1. The molecule has 168 valence electrons. The number of carbonyl (C=O) groups excluding carboxylic acids is 1. The molecule has 0 fully saturated rings. The number of ether oxygens (including phenoxy) is 1. The van der Waals surface area contributed by atoms with Gasteiger partial charge in [-0.25, -0.2) is 0 Å². The van der Waals surface area contributed by atoms with Gasteiger partial charge in [0, 0.05) is 23.2 Å². The minimum atomic E-state index is -0.594. The predicted octanol–water partition coefficient (Wildman–Crippen LogP) is 5.96. The normalized spacial score (nSPS) is 10.7. The molecule has 0 heterocycles. The summed E-state index contributed by atoms with van der Waals surface area (Å²) in [6.45, 7) is 0. The molecule has 1 amide bonds. The lowest BCUT2D eigenvalue weighted by molar-refractivity contribution is -0.384. The van der Waals surface area contributed by atoms with Crippen LogP contribution in [-0.2, 0) is 4.79 Å². The van der Waals surface area contributed by atoms with E-state index in [-0.39, 0.29) is 22.6 Å². The molecule has 35 heavy (non-hydrogen) atoms. The van der Waals surface area contributed by atoms with Crippen molar-refractivity contribution in [3.8, 4) is 23.6 Å². The minimum Gasteiger partial charge on any atom is -0.456 e. The van der Waals surface area contributed by atoms with Gasteiger partial charge in [-0.1, -0.05) is 48.5 Å². The maximum absolute atomic E-state index is 12.8. The third-order valence-electron chi connectivity index (χ3n) is 5.09. The first-order valence-corrected chi connectivity index (χ1v) is 10.4. The quantitative estimate of drug-likeness (QED) is 0.164. The molecule has 0 saturated heterocycles. The van der Waals surface area contributed by atoms with Gasteiger partial charge in [0.2, 0.25) is 0 Å². The summed E-state index contributed by atoms with van der Waals surface area (Å²) in [6, 6.07) is 27.2. The first-order chi connectivity index (χ1) is 17.0. The third-order valence-corrected chi connectivity index (χ3v) is 5.09. The number of hydrogen-bond donors (Lipinski definition) is 1. The van der Waals surface area contributed by atoms with Crippen molar-refractivity contribution in [1.82, 2.24) is 0 Å². The van der Waals surface area contributed by atoms with Crippen LogP contribution in [-0.4, -0.2) is 10.8 Å². The zero-order valence-corrected chi connectivity index (χ0v) is 18.1. The van der Waals surface area contributed by atoms with E-state index in [4.69, 9.17) is 4.74 Å². The summed E-state index contributed by atoms with van der Waals surface area (Å²) in [5.41, 5.74) is 0.790. The lowest BCUT2D eigenvalue weighted by Crippen LogP contribution is -2.13. The molecule has 0 spiro atoms. The molecule has 8 nitrogen and oxygen atoms in total. The zero-order valence-electron chi connectivity index (χ0n) is 18.1. The van der Waals surface area contributed by atoms with Gasteiger partial charge < -0.3 is 10.1 Å². The van der Waals surface area contributed by atoms with E-state index in [1.807, 2.05) is 48.5 Å². The van der Waals surface area contributed by atoms with Gasteiger partial charge in [0.05, 0.1) is 4.92 Å². The maximum atomic E-state index is 12.8. The SMILES string of the molecule is N#C/C(=C\c1cccc(Oc2ccc([N+](=O)[O-])cc2C#N)c1)C(=O)Nc1cccc2ccccc12. The molecule has 0 aliphatic heterocycles. The third kappa shape index (κ3) is 5.14. The molecule has 4 aromatic carbocycles. The number of nitriles is 2. The second-order valence-electron chi connectivity index (χ2n) is 7.37. The molecule has 0 unspecified atom stereocenters. The highest BCUT2D eigenvalue weighted by molar-refractivity contribution is 6.12. The van der Waals surface area contributed by atoms with Crippen molar-refractivity contribution in [3.63, 3.8) is 0 Å². The van der Waals surface area contributed by atoms with E-state index in [0.29, 0.717) is 17.0 Å². The summed E-state index contributed by atoms with van der Waals surface area (Å²) in [4.78, 5) is 23.2. The van der Waals surface area contributed by atoms with Crippen molar-refractivity contribution in [1.29, 1.82) is 10.5 Å². The van der Waals surface area contributed by atoms with Crippen LogP contribution in [0.25, 0.3) is 16.8 Å². The van der Waals surface area contributed by atoms with Crippen LogP contribution in [0.3, 0.4) is 0 Å². The van der Waals surface area contributed by atoms with E-state index >= 15 is 0 Å². The highest BCUT2D eigenvalue weighted by Crippen LogP contribution is 2.29. The number of amides is 1. The summed E-state index contributed by atoms with van der Waals surface area (Å²) in [5.74, 6) is -0.0819. The molecular formula is C27H16N4O4. The Balaban J connectivity index is 1.57. The van der Waals surface area contributed by atoms with Crippen LogP contribution in [0.4, 0.5) is 11.4 Å². The van der Waals surface area contributed by atoms with Crippen molar-refractivity contribution in [3.05, 3.63) is 112 Å². The number of non-ortho nitro benzene ring substituents is 1. The van der Waals surface area contributed by atoms with E-state index in [9.17, 15) is 25.4 Å². The molecule has 0 radical (unpaired) electrons. The Morgan fingerprint density at radius 3 is 2.51 bits per heavy atom. The molecule has 0 aliphatic rings. The van der Waals surface area contributed by atoms with Gasteiger partial charge in [-0.15, -0.1) is 0 Å². The predicted molar refractivity (Wildman–Crippen MR) is 130 cm³/mol. The number of nitrogens with one attached hydrogen (secondary N) is 1. The molecule has 0 atom stereocenters. The molecule has 0 saturated carbocycles. The number of fused-ring (bicyclic) bond motifs is 1. The van der Waals surface area contributed by atoms with Crippen molar-refractivity contribution < 1.29 is 14.5 Å². The Morgan fingerprint density at radius 1 is 0.971 bits per heavy atom. The summed E-state index contributed by atoms with van der Waals surface area (Å²) in [5, 5.41) is 34.4. The highest BCUT2D eigenvalue weighted by atomic mass is 16.6. The van der Waals surface area contributed by atoms with Gasteiger partial charge in [0.1, 0.15) is 34.8 Å². The van der Waals surface area contributed by atoms with E-state index in [2.05, 4.69) is 5.32 Å². The van der Waals surface area contributed by atoms with Crippen LogP contribution in [0.2, 0.25) is 0 Å².